The zero-order valence-corrected chi connectivity index (χ0v) is 12.8. The zero-order valence-electron chi connectivity index (χ0n) is 12.0. The maximum Gasteiger partial charge on any atom is 0.122 e. The Kier molecular flexibility index (Phi) is 7.21. The Morgan fingerprint density at radius 2 is 2.11 bits per heavy atom. The highest BCUT2D eigenvalue weighted by molar-refractivity contribution is 7.98. The van der Waals surface area contributed by atoms with Crippen LogP contribution in [0.4, 0.5) is 0 Å². The summed E-state index contributed by atoms with van der Waals surface area (Å²) in [5, 5.41) is 3.36. The highest BCUT2D eigenvalue weighted by Gasteiger charge is 2.05. The summed E-state index contributed by atoms with van der Waals surface area (Å²) in [4.78, 5) is 0. The molecule has 1 rings (SSSR count). The van der Waals surface area contributed by atoms with Gasteiger partial charge in [-0.2, -0.15) is 11.8 Å². The molecule has 102 valence electrons. The summed E-state index contributed by atoms with van der Waals surface area (Å²) in [5.74, 6) is 3.97. The number of ether oxygens (including phenoxy) is 1. The lowest BCUT2D eigenvalue weighted by Crippen LogP contribution is -2.11. The van der Waals surface area contributed by atoms with Crippen molar-refractivity contribution >= 4 is 11.8 Å². The van der Waals surface area contributed by atoms with Crippen LogP contribution in [-0.2, 0) is 12.3 Å². The number of rotatable bonds is 8. The van der Waals surface area contributed by atoms with Crippen LogP contribution in [0, 0.1) is 5.92 Å². The number of thioether (sulfide) groups is 1. The van der Waals surface area contributed by atoms with Crippen molar-refractivity contribution in [3.63, 3.8) is 0 Å². The van der Waals surface area contributed by atoms with Gasteiger partial charge in [0.2, 0.25) is 0 Å². The molecule has 0 aliphatic heterocycles. The summed E-state index contributed by atoms with van der Waals surface area (Å²) in [6.45, 7) is 8.58. The Morgan fingerprint density at radius 1 is 1.33 bits per heavy atom. The van der Waals surface area contributed by atoms with Crippen molar-refractivity contribution in [1.29, 1.82) is 0 Å². The third-order valence-corrected chi connectivity index (χ3v) is 4.05. The minimum atomic E-state index is 0.742. The average molecular weight is 267 g/mol. The predicted molar refractivity (Wildman–Crippen MR) is 81.4 cm³/mol. The molecule has 1 aromatic carbocycles. The lowest BCUT2D eigenvalue weighted by Gasteiger charge is -2.12. The quantitative estimate of drug-likeness (QED) is 0.776. The fourth-order valence-corrected chi connectivity index (χ4v) is 2.76. The number of methoxy groups -OCH3 is 1. The van der Waals surface area contributed by atoms with E-state index in [9.17, 15) is 0 Å². The van der Waals surface area contributed by atoms with Crippen molar-refractivity contribution in [1.82, 2.24) is 5.32 Å². The van der Waals surface area contributed by atoms with Gasteiger partial charge < -0.3 is 10.1 Å². The largest absolute Gasteiger partial charge is 0.496 e. The van der Waals surface area contributed by atoms with E-state index in [1.54, 1.807) is 7.11 Å². The topological polar surface area (TPSA) is 21.3 Å². The van der Waals surface area contributed by atoms with Gasteiger partial charge in [0.15, 0.2) is 0 Å². The van der Waals surface area contributed by atoms with E-state index in [1.807, 2.05) is 11.8 Å². The van der Waals surface area contributed by atoms with E-state index >= 15 is 0 Å². The number of hydrogen-bond donors (Lipinski definition) is 1. The smallest absolute Gasteiger partial charge is 0.122 e. The third kappa shape index (κ3) is 5.32. The number of benzene rings is 1. The van der Waals surface area contributed by atoms with Crippen LogP contribution in [0.1, 0.15) is 31.9 Å². The Morgan fingerprint density at radius 3 is 2.72 bits per heavy atom. The molecule has 0 bridgehead atoms. The molecule has 0 saturated carbocycles. The SMILES string of the molecule is CCNCc1ccc(OC)c(CSCC(C)C)c1. The maximum absolute atomic E-state index is 5.43. The van der Waals surface area contributed by atoms with E-state index in [0.29, 0.717) is 0 Å². The van der Waals surface area contributed by atoms with Crippen LogP contribution in [0.2, 0.25) is 0 Å². The zero-order chi connectivity index (χ0) is 13.4. The molecule has 0 saturated heterocycles. The number of nitrogens with one attached hydrogen (secondary N) is 1. The molecule has 1 N–H and O–H groups in total. The van der Waals surface area contributed by atoms with Crippen LogP contribution in [-0.4, -0.2) is 19.4 Å². The monoisotopic (exact) mass is 267 g/mol. The molecule has 0 radical (unpaired) electrons. The molecule has 18 heavy (non-hydrogen) atoms. The van der Waals surface area contributed by atoms with Crippen LogP contribution in [0.25, 0.3) is 0 Å². The van der Waals surface area contributed by atoms with Gasteiger partial charge >= 0.3 is 0 Å². The molecule has 1 aromatic rings. The summed E-state index contributed by atoms with van der Waals surface area (Å²) in [6.07, 6.45) is 0. The normalized spacial score (nSPS) is 10.9. The predicted octanol–water partition coefficient (Wildman–Crippen LogP) is 3.69. The van der Waals surface area contributed by atoms with Crippen molar-refractivity contribution in [2.24, 2.45) is 5.92 Å². The molecule has 0 spiro atoms. The third-order valence-electron chi connectivity index (χ3n) is 2.63. The number of hydrogen-bond acceptors (Lipinski definition) is 3. The Balaban J connectivity index is 2.66. The molecule has 0 amide bonds. The molecule has 2 nitrogen and oxygen atoms in total. The van der Waals surface area contributed by atoms with Crippen LogP contribution >= 0.6 is 11.8 Å². The highest BCUT2D eigenvalue weighted by Crippen LogP contribution is 2.25. The first kappa shape index (κ1) is 15.4. The van der Waals surface area contributed by atoms with Gasteiger partial charge in [-0.15, -0.1) is 0 Å². The molecule has 0 aromatic heterocycles. The van der Waals surface area contributed by atoms with Gasteiger partial charge in [-0.3, -0.25) is 0 Å². The van der Waals surface area contributed by atoms with E-state index in [2.05, 4.69) is 44.3 Å². The van der Waals surface area contributed by atoms with E-state index in [1.165, 1.54) is 16.9 Å². The van der Waals surface area contributed by atoms with Gasteiger partial charge in [0, 0.05) is 17.9 Å². The van der Waals surface area contributed by atoms with Gasteiger partial charge in [0.05, 0.1) is 7.11 Å². The van der Waals surface area contributed by atoms with Crippen molar-refractivity contribution in [3.05, 3.63) is 29.3 Å². The second-order valence-corrected chi connectivity index (χ2v) is 5.87. The van der Waals surface area contributed by atoms with Crippen molar-refractivity contribution < 1.29 is 4.74 Å². The molecule has 0 aliphatic carbocycles. The minimum absolute atomic E-state index is 0.742. The first-order valence-corrected chi connectivity index (χ1v) is 7.77. The summed E-state index contributed by atoms with van der Waals surface area (Å²) in [5.41, 5.74) is 2.64. The summed E-state index contributed by atoms with van der Waals surface area (Å²) in [7, 11) is 1.75. The maximum atomic E-state index is 5.43. The molecule has 0 heterocycles. The fourth-order valence-electron chi connectivity index (χ4n) is 1.73. The first-order valence-electron chi connectivity index (χ1n) is 6.61. The van der Waals surface area contributed by atoms with Crippen molar-refractivity contribution in [2.45, 2.75) is 33.1 Å². The van der Waals surface area contributed by atoms with Crippen molar-refractivity contribution in [2.75, 3.05) is 19.4 Å². The van der Waals surface area contributed by atoms with Crippen molar-refractivity contribution in [3.8, 4) is 5.75 Å². The molecule has 0 aliphatic rings. The van der Waals surface area contributed by atoms with E-state index in [4.69, 9.17) is 4.74 Å². The Bertz CT molecular complexity index is 352. The van der Waals surface area contributed by atoms with Crippen LogP contribution in [0.5, 0.6) is 5.75 Å². The van der Waals surface area contributed by atoms with Gasteiger partial charge in [0.1, 0.15) is 5.75 Å². The lowest BCUT2D eigenvalue weighted by atomic mass is 10.1. The molecular formula is C15H25NOS. The standard InChI is InChI=1S/C15H25NOS/c1-5-16-9-13-6-7-15(17-4)14(8-13)11-18-10-12(2)3/h6-8,12,16H,5,9-11H2,1-4H3. The lowest BCUT2D eigenvalue weighted by molar-refractivity contribution is 0.411. The second kappa shape index (κ2) is 8.44. The van der Waals surface area contributed by atoms with Gasteiger partial charge in [-0.25, -0.2) is 0 Å². The highest BCUT2D eigenvalue weighted by atomic mass is 32.2. The molecule has 0 atom stereocenters. The summed E-state index contributed by atoms with van der Waals surface area (Å²) >= 11 is 1.98. The Hall–Kier alpha value is -0.670. The molecule has 0 unspecified atom stereocenters. The molecular weight excluding hydrogens is 242 g/mol. The van der Waals surface area contributed by atoms with Gasteiger partial charge in [-0.1, -0.05) is 26.8 Å². The van der Waals surface area contributed by atoms with Gasteiger partial charge in [-0.05, 0) is 35.9 Å². The second-order valence-electron chi connectivity index (χ2n) is 4.84. The fraction of sp³-hybridized carbons (Fsp3) is 0.600. The summed E-state index contributed by atoms with van der Waals surface area (Å²) in [6, 6.07) is 6.48. The summed E-state index contributed by atoms with van der Waals surface area (Å²) < 4.78 is 5.43. The van der Waals surface area contributed by atoms with Crippen LogP contribution < -0.4 is 10.1 Å². The van der Waals surface area contributed by atoms with E-state index < -0.39 is 0 Å². The van der Waals surface area contributed by atoms with Crippen LogP contribution in [0.3, 0.4) is 0 Å². The van der Waals surface area contributed by atoms with E-state index in [0.717, 1.165) is 30.5 Å². The first-order chi connectivity index (χ1) is 8.67. The molecule has 0 fully saturated rings. The van der Waals surface area contributed by atoms with E-state index in [-0.39, 0.29) is 0 Å². The minimum Gasteiger partial charge on any atom is -0.496 e. The Labute approximate surface area is 116 Å². The molecule has 3 heteroatoms. The average Bonchev–Trinajstić information content (AvgIpc) is 2.36. The van der Waals surface area contributed by atoms with Crippen LogP contribution in [0.15, 0.2) is 18.2 Å². The van der Waals surface area contributed by atoms with Gasteiger partial charge in [0.25, 0.3) is 0 Å².